The van der Waals surface area contributed by atoms with Crippen LogP contribution in [0.25, 0.3) is 0 Å². The van der Waals surface area contributed by atoms with E-state index in [1.807, 2.05) is 60.7 Å². The maximum atomic E-state index is 12.6. The molecule has 7 nitrogen and oxygen atoms in total. The summed E-state index contributed by atoms with van der Waals surface area (Å²) in [6.45, 7) is 0.994. The lowest BCUT2D eigenvalue weighted by atomic mass is 10.1. The van der Waals surface area contributed by atoms with Gasteiger partial charge >= 0.3 is 12.1 Å². The molecule has 0 bridgehead atoms. The maximum absolute atomic E-state index is 12.6. The SMILES string of the molecule is O=C(CC[C@@H]1NCCN(C(=O)OCc2ccccc2)C1=O)OCc1ccccc1. The van der Waals surface area contributed by atoms with Crippen molar-refractivity contribution in [3.63, 3.8) is 0 Å². The molecule has 0 unspecified atom stereocenters. The monoisotopic (exact) mass is 396 g/mol. The highest BCUT2D eigenvalue weighted by atomic mass is 16.6. The number of esters is 1. The smallest absolute Gasteiger partial charge is 0.416 e. The number of nitrogens with zero attached hydrogens (tertiary/aromatic N) is 1. The van der Waals surface area contributed by atoms with E-state index in [9.17, 15) is 14.4 Å². The van der Waals surface area contributed by atoms with Gasteiger partial charge in [-0.05, 0) is 17.5 Å². The van der Waals surface area contributed by atoms with Crippen molar-refractivity contribution in [1.29, 1.82) is 0 Å². The predicted octanol–water partition coefficient (Wildman–Crippen LogP) is 2.65. The molecule has 1 N–H and O–H groups in total. The Kier molecular flexibility index (Phi) is 7.35. The Balaban J connectivity index is 1.43. The number of piperazine rings is 1. The summed E-state index contributed by atoms with van der Waals surface area (Å²) in [5.74, 6) is -0.766. The molecule has 1 aliphatic rings. The van der Waals surface area contributed by atoms with Crippen LogP contribution in [-0.4, -0.2) is 42.0 Å². The number of imide groups is 1. The van der Waals surface area contributed by atoms with Crippen LogP contribution in [0.2, 0.25) is 0 Å². The predicted molar refractivity (Wildman–Crippen MR) is 106 cm³/mol. The molecule has 2 aromatic rings. The Morgan fingerprint density at radius 3 is 2.14 bits per heavy atom. The molecule has 0 aromatic heterocycles. The van der Waals surface area contributed by atoms with Crippen molar-refractivity contribution in [2.45, 2.75) is 32.1 Å². The van der Waals surface area contributed by atoms with E-state index in [4.69, 9.17) is 9.47 Å². The van der Waals surface area contributed by atoms with Crippen molar-refractivity contribution in [2.75, 3.05) is 13.1 Å². The Morgan fingerprint density at radius 2 is 1.52 bits per heavy atom. The van der Waals surface area contributed by atoms with Crippen molar-refractivity contribution in [2.24, 2.45) is 0 Å². The molecule has 7 heteroatoms. The van der Waals surface area contributed by atoms with E-state index in [1.54, 1.807) is 0 Å². The summed E-state index contributed by atoms with van der Waals surface area (Å²) in [5, 5.41) is 3.05. The quantitative estimate of drug-likeness (QED) is 0.725. The zero-order valence-electron chi connectivity index (χ0n) is 16.1. The number of carbonyl (C=O) groups excluding carboxylic acids is 3. The number of hydrogen-bond donors (Lipinski definition) is 1. The third kappa shape index (κ3) is 6.15. The second-order valence-electron chi connectivity index (χ2n) is 6.72. The van der Waals surface area contributed by atoms with Crippen LogP contribution >= 0.6 is 0 Å². The molecule has 29 heavy (non-hydrogen) atoms. The van der Waals surface area contributed by atoms with E-state index in [0.29, 0.717) is 6.54 Å². The van der Waals surface area contributed by atoms with Gasteiger partial charge < -0.3 is 14.8 Å². The van der Waals surface area contributed by atoms with Gasteiger partial charge in [0.2, 0.25) is 5.91 Å². The lowest BCUT2D eigenvalue weighted by Gasteiger charge is -2.31. The van der Waals surface area contributed by atoms with Gasteiger partial charge in [-0.1, -0.05) is 60.7 Å². The topological polar surface area (TPSA) is 84.9 Å². The normalized spacial score (nSPS) is 16.3. The summed E-state index contributed by atoms with van der Waals surface area (Å²) in [6.07, 6.45) is -0.324. The molecule has 1 atom stereocenters. The molecule has 3 rings (SSSR count). The molecular weight excluding hydrogens is 372 g/mol. The molecular formula is C22H24N2O5. The third-order valence-corrected chi connectivity index (χ3v) is 4.60. The number of hydrogen-bond acceptors (Lipinski definition) is 6. The average molecular weight is 396 g/mol. The van der Waals surface area contributed by atoms with Crippen molar-refractivity contribution in [3.05, 3.63) is 71.8 Å². The summed E-state index contributed by atoms with van der Waals surface area (Å²) < 4.78 is 10.5. The number of benzene rings is 2. The highest BCUT2D eigenvalue weighted by Gasteiger charge is 2.33. The molecule has 1 aliphatic heterocycles. The molecule has 2 aromatic carbocycles. The molecule has 1 heterocycles. The first-order valence-electron chi connectivity index (χ1n) is 9.58. The fourth-order valence-corrected chi connectivity index (χ4v) is 3.01. The molecule has 152 valence electrons. The van der Waals surface area contributed by atoms with Gasteiger partial charge in [-0.3, -0.25) is 9.59 Å². The Bertz CT molecular complexity index is 826. The lowest BCUT2D eigenvalue weighted by Crippen LogP contribution is -2.57. The van der Waals surface area contributed by atoms with E-state index in [0.717, 1.165) is 16.0 Å². The van der Waals surface area contributed by atoms with Crippen LogP contribution in [0.4, 0.5) is 4.79 Å². The van der Waals surface area contributed by atoms with Crippen molar-refractivity contribution >= 4 is 18.0 Å². The van der Waals surface area contributed by atoms with E-state index in [-0.39, 0.29) is 44.5 Å². The number of carbonyl (C=O) groups is 3. The molecule has 0 saturated carbocycles. The van der Waals surface area contributed by atoms with Gasteiger partial charge in [0, 0.05) is 19.5 Å². The summed E-state index contributed by atoms with van der Waals surface area (Å²) in [7, 11) is 0. The molecule has 1 saturated heterocycles. The summed E-state index contributed by atoms with van der Waals surface area (Å²) in [6, 6.07) is 18.0. The lowest BCUT2D eigenvalue weighted by molar-refractivity contribution is -0.145. The fourth-order valence-electron chi connectivity index (χ4n) is 3.01. The van der Waals surface area contributed by atoms with Gasteiger partial charge in [0.15, 0.2) is 0 Å². The third-order valence-electron chi connectivity index (χ3n) is 4.60. The van der Waals surface area contributed by atoms with Crippen LogP contribution in [0, 0.1) is 0 Å². The Morgan fingerprint density at radius 1 is 0.931 bits per heavy atom. The molecule has 0 aliphatic carbocycles. The first-order valence-corrected chi connectivity index (χ1v) is 9.58. The summed E-state index contributed by atoms with van der Waals surface area (Å²) >= 11 is 0. The van der Waals surface area contributed by atoms with E-state index in [2.05, 4.69) is 5.32 Å². The van der Waals surface area contributed by atoms with Crippen LogP contribution in [0.5, 0.6) is 0 Å². The number of amides is 2. The molecule has 0 spiro atoms. The van der Waals surface area contributed by atoms with E-state index in [1.165, 1.54) is 0 Å². The summed E-state index contributed by atoms with van der Waals surface area (Å²) in [4.78, 5) is 37.9. The minimum Gasteiger partial charge on any atom is -0.461 e. The second-order valence-corrected chi connectivity index (χ2v) is 6.72. The fraction of sp³-hybridized carbons (Fsp3) is 0.318. The summed E-state index contributed by atoms with van der Waals surface area (Å²) in [5.41, 5.74) is 1.75. The Labute approximate surface area is 169 Å². The van der Waals surface area contributed by atoms with Gasteiger partial charge in [0.25, 0.3) is 0 Å². The highest BCUT2D eigenvalue weighted by molar-refractivity contribution is 5.95. The van der Waals surface area contributed by atoms with E-state index < -0.39 is 12.1 Å². The van der Waals surface area contributed by atoms with E-state index >= 15 is 0 Å². The standard InChI is InChI=1S/C22H24N2O5/c25-20(28-15-17-7-3-1-4-8-17)12-11-19-21(26)24(14-13-23-19)22(27)29-16-18-9-5-2-6-10-18/h1-10,19,23H,11-16H2/t19-/m0/s1. The van der Waals surface area contributed by atoms with Crippen LogP contribution in [0.15, 0.2) is 60.7 Å². The Hall–Kier alpha value is -3.19. The van der Waals surface area contributed by atoms with Crippen LogP contribution in [0.1, 0.15) is 24.0 Å². The minimum atomic E-state index is -0.669. The van der Waals surface area contributed by atoms with Gasteiger partial charge in [0.05, 0.1) is 6.04 Å². The van der Waals surface area contributed by atoms with Gasteiger partial charge in [-0.2, -0.15) is 0 Å². The first-order chi connectivity index (χ1) is 14.1. The molecule has 2 amide bonds. The average Bonchev–Trinajstić information content (AvgIpc) is 2.77. The zero-order valence-corrected chi connectivity index (χ0v) is 16.1. The van der Waals surface area contributed by atoms with Gasteiger partial charge in [-0.15, -0.1) is 0 Å². The van der Waals surface area contributed by atoms with Gasteiger partial charge in [0.1, 0.15) is 13.2 Å². The highest BCUT2D eigenvalue weighted by Crippen LogP contribution is 2.12. The number of rotatable bonds is 7. The van der Waals surface area contributed by atoms with Crippen molar-refractivity contribution < 1.29 is 23.9 Å². The zero-order chi connectivity index (χ0) is 20.5. The van der Waals surface area contributed by atoms with Crippen LogP contribution < -0.4 is 5.32 Å². The maximum Gasteiger partial charge on any atom is 0.416 e. The minimum absolute atomic E-state index is 0.0865. The van der Waals surface area contributed by atoms with Crippen LogP contribution in [0.3, 0.4) is 0 Å². The molecule has 1 fully saturated rings. The van der Waals surface area contributed by atoms with Gasteiger partial charge in [-0.25, -0.2) is 9.69 Å². The largest absolute Gasteiger partial charge is 0.461 e. The van der Waals surface area contributed by atoms with Crippen LogP contribution in [-0.2, 0) is 32.3 Å². The number of ether oxygens (including phenoxy) is 2. The van der Waals surface area contributed by atoms with Crippen molar-refractivity contribution in [3.8, 4) is 0 Å². The molecule has 0 radical (unpaired) electrons. The van der Waals surface area contributed by atoms with Crippen molar-refractivity contribution in [1.82, 2.24) is 10.2 Å². The second kappa shape index (κ2) is 10.4. The number of nitrogens with one attached hydrogen (secondary N) is 1. The first kappa shape index (κ1) is 20.5.